The van der Waals surface area contributed by atoms with Gasteiger partial charge in [-0.05, 0) is 31.4 Å². The second kappa shape index (κ2) is 7.72. The fourth-order valence-corrected chi connectivity index (χ4v) is 2.43. The Bertz CT molecular complexity index is 648. The molecule has 1 N–H and O–H groups in total. The molecule has 5 heteroatoms. The smallest absolute Gasteiger partial charge is 0.256 e. The third kappa shape index (κ3) is 4.06. The topological polar surface area (TPSA) is 58.1 Å². The van der Waals surface area contributed by atoms with Crippen molar-refractivity contribution in [2.24, 2.45) is 0 Å². The van der Waals surface area contributed by atoms with Gasteiger partial charge in [-0.2, -0.15) is 0 Å². The molecule has 2 rings (SSSR count). The van der Waals surface area contributed by atoms with Gasteiger partial charge < -0.3 is 10.2 Å². The van der Waals surface area contributed by atoms with Gasteiger partial charge in [0.1, 0.15) is 0 Å². The van der Waals surface area contributed by atoms with E-state index in [2.05, 4.69) is 35.2 Å². The summed E-state index contributed by atoms with van der Waals surface area (Å²) in [4.78, 5) is 22.5. The summed E-state index contributed by atoms with van der Waals surface area (Å²) in [5.41, 5.74) is 2.71. The minimum Gasteiger partial charge on any atom is -0.339 e. The van der Waals surface area contributed by atoms with Crippen LogP contribution in [-0.2, 0) is 0 Å². The van der Waals surface area contributed by atoms with Gasteiger partial charge in [0.2, 0.25) is 5.95 Å². The Morgan fingerprint density at radius 3 is 2.30 bits per heavy atom. The van der Waals surface area contributed by atoms with Crippen molar-refractivity contribution in [3.05, 3.63) is 47.8 Å². The van der Waals surface area contributed by atoms with Crippen molar-refractivity contribution in [1.82, 2.24) is 14.9 Å². The highest BCUT2D eigenvalue weighted by atomic mass is 16.2. The van der Waals surface area contributed by atoms with Crippen molar-refractivity contribution in [2.75, 3.05) is 18.4 Å². The van der Waals surface area contributed by atoms with Gasteiger partial charge in [-0.25, -0.2) is 9.97 Å². The number of hydrogen-bond donors (Lipinski definition) is 1. The molecule has 1 amide bonds. The van der Waals surface area contributed by atoms with Gasteiger partial charge in [-0.15, -0.1) is 0 Å². The highest BCUT2D eigenvalue weighted by molar-refractivity contribution is 5.93. The van der Waals surface area contributed by atoms with Crippen molar-refractivity contribution in [1.29, 1.82) is 0 Å². The molecule has 0 spiro atoms. The number of carbonyl (C=O) groups is 1. The van der Waals surface area contributed by atoms with E-state index in [1.807, 2.05) is 32.0 Å². The first kappa shape index (κ1) is 16.9. The summed E-state index contributed by atoms with van der Waals surface area (Å²) in [5.74, 6) is 0.862. The van der Waals surface area contributed by atoms with Gasteiger partial charge in [0.15, 0.2) is 0 Å². The highest BCUT2D eigenvalue weighted by Crippen LogP contribution is 2.25. The fourth-order valence-electron chi connectivity index (χ4n) is 2.43. The lowest BCUT2D eigenvalue weighted by atomic mass is 10.0. The van der Waals surface area contributed by atoms with Gasteiger partial charge in [0.25, 0.3) is 5.91 Å². The molecule has 0 fully saturated rings. The second-order valence-corrected chi connectivity index (χ2v) is 5.64. The fraction of sp³-hybridized carbons (Fsp3) is 0.389. The molecule has 1 aromatic carbocycles. The summed E-state index contributed by atoms with van der Waals surface area (Å²) in [7, 11) is 0. The zero-order valence-corrected chi connectivity index (χ0v) is 14.2. The number of para-hydroxylation sites is 1. The number of rotatable bonds is 6. The van der Waals surface area contributed by atoms with Crippen LogP contribution < -0.4 is 5.32 Å². The number of hydrogen-bond acceptors (Lipinski definition) is 4. The van der Waals surface area contributed by atoms with Crippen LogP contribution in [0, 0.1) is 0 Å². The summed E-state index contributed by atoms with van der Waals surface area (Å²) < 4.78 is 0. The number of nitrogens with zero attached hydrogens (tertiary/aromatic N) is 3. The minimum absolute atomic E-state index is 0.0378. The third-order valence-corrected chi connectivity index (χ3v) is 3.78. The molecule has 0 radical (unpaired) electrons. The van der Waals surface area contributed by atoms with E-state index in [-0.39, 0.29) is 5.91 Å². The van der Waals surface area contributed by atoms with Crippen molar-refractivity contribution in [2.45, 2.75) is 33.6 Å². The largest absolute Gasteiger partial charge is 0.339 e. The van der Waals surface area contributed by atoms with Crippen LogP contribution >= 0.6 is 0 Å². The summed E-state index contributed by atoms with van der Waals surface area (Å²) in [5, 5.41) is 3.23. The molecule has 1 aromatic heterocycles. The summed E-state index contributed by atoms with van der Waals surface area (Å²) >= 11 is 0. The van der Waals surface area contributed by atoms with Gasteiger partial charge in [0, 0.05) is 31.2 Å². The molecular weight excluding hydrogens is 288 g/mol. The molecule has 23 heavy (non-hydrogen) atoms. The Labute approximate surface area is 137 Å². The van der Waals surface area contributed by atoms with Crippen LogP contribution in [0.3, 0.4) is 0 Å². The molecule has 122 valence electrons. The van der Waals surface area contributed by atoms with E-state index in [4.69, 9.17) is 0 Å². The van der Waals surface area contributed by atoms with E-state index >= 15 is 0 Å². The Kier molecular flexibility index (Phi) is 5.68. The Hall–Kier alpha value is -2.43. The van der Waals surface area contributed by atoms with Crippen LogP contribution in [0.15, 0.2) is 36.7 Å². The zero-order chi connectivity index (χ0) is 16.8. The minimum atomic E-state index is -0.0378. The third-order valence-electron chi connectivity index (χ3n) is 3.78. The predicted octanol–water partition coefficient (Wildman–Crippen LogP) is 3.83. The zero-order valence-electron chi connectivity index (χ0n) is 14.2. The average molecular weight is 312 g/mol. The molecule has 0 aliphatic rings. The van der Waals surface area contributed by atoms with E-state index in [1.54, 1.807) is 17.3 Å². The lowest BCUT2D eigenvalue weighted by Crippen LogP contribution is -2.30. The van der Waals surface area contributed by atoms with E-state index in [1.165, 1.54) is 5.56 Å². The highest BCUT2D eigenvalue weighted by Gasteiger charge is 2.13. The molecule has 0 atom stereocenters. The van der Waals surface area contributed by atoms with Crippen LogP contribution in [0.25, 0.3) is 0 Å². The maximum absolute atomic E-state index is 12.2. The van der Waals surface area contributed by atoms with Gasteiger partial charge in [-0.1, -0.05) is 32.0 Å². The molecule has 5 nitrogen and oxygen atoms in total. The van der Waals surface area contributed by atoms with Crippen LogP contribution in [0.4, 0.5) is 11.6 Å². The standard InChI is InChI=1S/C18H24N4O/c1-5-22(6-2)17(23)14-11-19-18(20-12-14)21-16-10-8-7-9-15(16)13(3)4/h7-13H,5-6H2,1-4H3,(H,19,20,21). The van der Waals surface area contributed by atoms with Gasteiger partial charge >= 0.3 is 0 Å². The van der Waals surface area contributed by atoms with E-state index < -0.39 is 0 Å². The lowest BCUT2D eigenvalue weighted by molar-refractivity contribution is 0.0772. The molecule has 0 saturated carbocycles. The van der Waals surface area contributed by atoms with Crippen molar-refractivity contribution in [3.8, 4) is 0 Å². The number of carbonyl (C=O) groups excluding carboxylic acids is 1. The van der Waals surface area contributed by atoms with E-state index in [0.29, 0.717) is 30.5 Å². The summed E-state index contributed by atoms with van der Waals surface area (Å²) in [6.45, 7) is 9.57. The van der Waals surface area contributed by atoms with Crippen molar-refractivity contribution >= 4 is 17.5 Å². The number of amides is 1. The normalized spacial score (nSPS) is 10.7. The number of aromatic nitrogens is 2. The number of benzene rings is 1. The number of anilines is 2. The SMILES string of the molecule is CCN(CC)C(=O)c1cnc(Nc2ccccc2C(C)C)nc1. The molecule has 2 aromatic rings. The first-order valence-electron chi connectivity index (χ1n) is 8.04. The Morgan fingerprint density at radius 1 is 1.13 bits per heavy atom. The molecule has 0 unspecified atom stereocenters. The Morgan fingerprint density at radius 2 is 1.74 bits per heavy atom. The van der Waals surface area contributed by atoms with Crippen molar-refractivity contribution < 1.29 is 4.79 Å². The van der Waals surface area contributed by atoms with Gasteiger partial charge in [-0.3, -0.25) is 4.79 Å². The first-order chi connectivity index (χ1) is 11.1. The van der Waals surface area contributed by atoms with Gasteiger partial charge in [0.05, 0.1) is 5.56 Å². The van der Waals surface area contributed by atoms with Crippen LogP contribution in [0.5, 0.6) is 0 Å². The molecule has 1 heterocycles. The Balaban J connectivity index is 2.16. The van der Waals surface area contributed by atoms with Crippen LogP contribution in [0.1, 0.15) is 49.5 Å². The average Bonchev–Trinajstić information content (AvgIpc) is 2.57. The summed E-state index contributed by atoms with van der Waals surface area (Å²) in [6.07, 6.45) is 3.15. The van der Waals surface area contributed by atoms with E-state index in [0.717, 1.165) is 5.69 Å². The van der Waals surface area contributed by atoms with Crippen LogP contribution in [-0.4, -0.2) is 33.9 Å². The maximum atomic E-state index is 12.2. The second-order valence-electron chi connectivity index (χ2n) is 5.64. The summed E-state index contributed by atoms with van der Waals surface area (Å²) in [6, 6.07) is 8.10. The van der Waals surface area contributed by atoms with E-state index in [9.17, 15) is 4.79 Å². The van der Waals surface area contributed by atoms with Crippen molar-refractivity contribution in [3.63, 3.8) is 0 Å². The molecule has 0 aliphatic heterocycles. The molecular formula is C18H24N4O. The monoisotopic (exact) mass is 312 g/mol. The van der Waals surface area contributed by atoms with Crippen LogP contribution in [0.2, 0.25) is 0 Å². The first-order valence-corrected chi connectivity index (χ1v) is 8.04. The number of nitrogens with one attached hydrogen (secondary N) is 1. The maximum Gasteiger partial charge on any atom is 0.256 e. The quantitative estimate of drug-likeness (QED) is 0.881. The predicted molar refractivity (Wildman–Crippen MR) is 93.1 cm³/mol. The molecule has 0 bridgehead atoms. The molecule has 0 saturated heterocycles. The molecule has 0 aliphatic carbocycles. The lowest BCUT2D eigenvalue weighted by Gasteiger charge is -2.18.